The van der Waals surface area contributed by atoms with E-state index >= 15 is 0 Å². The van der Waals surface area contributed by atoms with Gasteiger partial charge in [-0.25, -0.2) is 4.98 Å². The van der Waals surface area contributed by atoms with Crippen molar-refractivity contribution in [3.63, 3.8) is 0 Å². The van der Waals surface area contributed by atoms with Crippen molar-refractivity contribution in [2.24, 2.45) is 5.73 Å². The van der Waals surface area contributed by atoms with Crippen LogP contribution < -0.4 is 15.2 Å². The van der Waals surface area contributed by atoms with E-state index in [1.54, 1.807) is 19.9 Å². The molecule has 8 heteroatoms. The molecule has 1 aliphatic carbocycles. The minimum absolute atomic E-state index is 0.0642. The average Bonchev–Trinajstić information content (AvgIpc) is 2.93. The van der Waals surface area contributed by atoms with Crippen molar-refractivity contribution < 1.29 is 22.6 Å². The van der Waals surface area contributed by atoms with Gasteiger partial charge in [-0.15, -0.1) is 0 Å². The van der Waals surface area contributed by atoms with Crippen LogP contribution in [-0.2, 0) is 6.18 Å². The fourth-order valence-corrected chi connectivity index (χ4v) is 3.56. The molecule has 0 bridgehead atoms. The molecule has 1 aromatic heterocycles. The number of hydrogen-bond acceptors (Lipinski definition) is 4. The van der Waals surface area contributed by atoms with Crippen LogP contribution in [0, 0.1) is 0 Å². The maximum Gasteiger partial charge on any atom is 0.417 e. The smallest absolute Gasteiger partial charge is 0.417 e. The van der Waals surface area contributed by atoms with Crippen LogP contribution in [0.15, 0.2) is 22.7 Å². The third-order valence-corrected chi connectivity index (χ3v) is 4.91. The van der Waals surface area contributed by atoms with Gasteiger partial charge in [0.05, 0.1) is 27.0 Å². The molecule has 1 heterocycles. The number of nitrogens with two attached hydrogens (primary N) is 1. The number of aromatic nitrogens is 1. The van der Waals surface area contributed by atoms with Gasteiger partial charge in [-0.05, 0) is 61.2 Å². The van der Waals surface area contributed by atoms with E-state index in [0.29, 0.717) is 10.9 Å². The van der Waals surface area contributed by atoms with Crippen LogP contribution in [0.4, 0.5) is 13.2 Å². The predicted octanol–water partition coefficient (Wildman–Crippen LogP) is 5.06. The van der Waals surface area contributed by atoms with Gasteiger partial charge in [0.25, 0.3) is 0 Å². The summed E-state index contributed by atoms with van der Waals surface area (Å²) in [6.07, 6.45) is -2.78. The lowest BCUT2D eigenvalue weighted by Gasteiger charge is -2.22. The van der Waals surface area contributed by atoms with E-state index in [1.165, 1.54) is 6.07 Å². The molecule has 0 radical (unpaired) electrons. The van der Waals surface area contributed by atoms with Gasteiger partial charge in [-0.2, -0.15) is 13.2 Å². The summed E-state index contributed by atoms with van der Waals surface area (Å²) in [6.45, 7) is 3.47. The molecule has 4 nitrogen and oxygen atoms in total. The van der Waals surface area contributed by atoms with E-state index in [4.69, 9.17) is 15.2 Å². The van der Waals surface area contributed by atoms with Gasteiger partial charge in [0, 0.05) is 12.1 Å². The maximum atomic E-state index is 13.8. The van der Waals surface area contributed by atoms with Crippen molar-refractivity contribution in [3.05, 3.63) is 28.2 Å². The van der Waals surface area contributed by atoms with Gasteiger partial charge in [0.15, 0.2) is 0 Å². The van der Waals surface area contributed by atoms with Crippen LogP contribution in [0.3, 0.4) is 0 Å². The Morgan fingerprint density at radius 3 is 2.58 bits per heavy atom. The van der Waals surface area contributed by atoms with E-state index in [-0.39, 0.29) is 40.8 Å². The molecule has 1 unspecified atom stereocenters. The number of ether oxygens (including phenoxy) is 2. The van der Waals surface area contributed by atoms with Crippen LogP contribution in [0.25, 0.3) is 10.9 Å². The normalized spacial score (nSPS) is 20.8. The summed E-state index contributed by atoms with van der Waals surface area (Å²) in [5.74, 6) is 0.0615. The highest BCUT2D eigenvalue weighted by Gasteiger charge is 2.36. The lowest BCUT2D eigenvalue weighted by atomic mass is 10.1. The number of halogens is 4. The van der Waals surface area contributed by atoms with Crippen molar-refractivity contribution >= 4 is 26.8 Å². The van der Waals surface area contributed by atoms with E-state index in [0.717, 1.165) is 18.9 Å². The Morgan fingerprint density at radius 2 is 2.00 bits per heavy atom. The highest BCUT2D eigenvalue weighted by molar-refractivity contribution is 9.10. The van der Waals surface area contributed by atoms with Gasteiger partial charge in [-0.3, -0.25) is 0 Å². The summed E-state index contributed by atoms with van der Waals surface area (Å²) in [7, 11) is 0. The minimum atomic E-state index is -4.58. The molecular formula is C18H20BrF3N2O2. The summed E-state index contributed by atoms with van der Waals surface area (Å²) in [5.41, 5.74) is 5.36. The van der Waals surface area contributed by atoms with Crippen LogP contribution in [0.1, 0.15) is 38.7 Å². The second-order valence-corrected chi connectivity index (χ2v) is 7.55. The van der Waals surface area contributed by atoms with Gasteiger partial charge in [0.2, 0.25) is 5.88 Å². The molecule has 0 saturated heterocycles. The Hall–Kier alpha value is -1.54. The monoisotopic (exact) mass is 432 g/mol. The first-order valence-corrected chi connectivity index (χ1v) is 9.25. The third kappa shape index (κ3) is 3.91. The SMILES string of the molecule is CC(C)Oc1cc(C(F)(F)F)c2c(O[C@@H]3CCCC3N)c(Br)ccc2n1. The molecule has 2 aromatic rings. The Balaban J connectivity index is 2.18. The Kier molecular flexibility index (Phi) is 5.35. The van der Waals surface area contributed by atoms with Crippen molar-refractivity contribution in [3.8, 4) is 11.6 Å². The topological polar surface area (TPSA) is 57.4 Å². The van der Waals surface area contributed by atoms with Gasteiger partial charge in [0.1, 0.15) is 11.9 Å². The van der Waals surface area contributed by atoms with Crippen LogP contribution in [-0.4, -0.2) is 23.2 Å². The second-order valence-electron chi connectivity index (χ2n) is 6.69. The molecule has 0 aliphatic heterocycles. The summed E-state index contributed by atoms with van der Waals surface area (Å²) in [4.78, 5) is 4.23. The van der Waals surface area contributed by atoms with Crippen LogP contribution in [0.2, 0.25) is 0 Å². The van der Waals surface area contributed by atoms with Crippen molar-refractivity contribution in [1.82, 2.24) is 4.98 Å². The molecular weight excluding hydrogens is 413 g/mol. The zero-order chi connectivity index (χ0) is 19.1. The third-order valence-electron chi connectivity index (χ3n) is 4.29. The Labute approximate surface area is 158 Å². The quantitative estimate of drug-likeness (QED) is 0.733. The van der Waals surface area contributed by atoms with Gasteiger partial charge in [-0.1, -0.05) is 0 Å². The number of fused-ring (bicyclic) bond motifs is 1. The standard InChI is InChI=1S/C18H20BrF3N2O2/c1-9(2)25-15-8-10(18(20,21)22)16-13(24-15)7-6-11(19)17(16)26-14-5-3-4-12(14)23/h6-9,12,14H,3-5,23H2,1-2H3/t12?,14-/m1/s1. The van der Waals surface area contributed by atoms with Gasteiger partial charge < -0.3 is 15.2 Å². The molecule has 1 aromatic carbocycles. The number of hydrogen-bond donors (Lipinski definition) is 1. The minimum Gasteiger partial charge on any atom is -0.487 e. The maximum absolute atomic E-state index is 13.8. The molecule has 1 aliphatic rings. The number of alkyl halides is 3. The van der Waals surface area contributed by atoms with Crippen LogP contribution >= 0.6 is 15.9 Å². The summed E-state index contributed by atoms with van der Waals surface area (Å²) < 4.78 is 53.0. The molecule has 0 amide bonds. The predicted molar refractivity (Wildman–Crippen MR) is 96.5 cm³/mol. The Bertz CT molecular complexity index is 811. The zero-order valence-electron chi connectivity index (χ0n) is 14.4. The van der Waals surface area contributed by atoms with Gasteiger partial charge >= 0.3 is 6.18 Å². The molecule has 1 saturated carbocycles. The van der Waals surface area contributed by atoms with E-state index in [1.807, 2.05) is 0 Å². The zero-order valence-corrected chi connectivity index (χ0v) is 16.0. The molecule has 2 N–H and O–H groups in total. The first-order valence-electron chi connectivity index (χ1n) is 8.46. The van der Waals surface area contributed by atoms with E-state index < -0.39 is 11.7 Å². The second kappa shape index (κ2) is 7.23. The molecule has 2 atom stereocenters. The lowest BCUT2D eigenvalue weighted by Crippen LogP contribution is -2.33. The lowest BCUT2D eigenvalue weighted by molar-refractivity contribution is -0.136. The number of rotatable bonds is 4. The summed E-state index contributed by atoms with van der Waals surface area (Å²) in [6, 6.07) is 3.88. The van der Waals surface area contributed by atoms with Crippen molar-refractivity contribution in [1.29, 1.82) is 0 Å². The largest absolute Gasteiger partial charge is 0.487 e. The first kappa shape index (κ1) is 19.2. The first-order chi connectivity index (χ1) is 12.2. The van der Waals surface area contributed by atoms with Crippen molar-refractivity contribution in [2.75, 3.05) is 0 Å². The number of benzene rings is 1. The molecule has 142 valence electrons. The van der Waals surface area contributed by atoms with E-state index in [9.17, 15) is 13.2 Å². The fourth-order valence-electron chi connectivity index (χ4n) is 3.14. The highest BCUT2D eigenvalue weighted by Crippen LogP contribution is 2.44. The average molecular weight is 433 g/mol. The highest BCUT2D eigenvalue weighted by atomic mass is 79.9. The van der Waals surface area contributed by atoms with Crippen molar-refractivity contribution in [2.45, 2.75) is 57.5 Å². The van der Waals surface area contributed by atoms with E-state index in [2.05, 4.69) is 20.9 Å². The molecule has 3 rings (SSSR count). The Morgan fingerprint density at radius 1 is 1.27 bits per heavy atom. The molecule has 0 spiro atoms. The summed E-state index contributed by atoms with van der Waals surface area (Å²) in [5, 5.41) is -0.0814. The fraction of sp³-hybridized carbons (Fsp3) is 0.500. The number of pyridine rings is 1. The summed E-state index contributed by atoms with van der Waals surface area (Å²) >= 11 is 3.31. The molecule has 1 fully saturated rings. The van der Waals surface area contributed by atoms with Crippen LogP contribution in [0.5, 0.6) is 11.6 Å². The molecule has 26 heavy (non-hydrogen) atoms. The number of nitrogens with zero attached hydrogens (tertiary/aromatic N) is 1.